The maximum absolute atomic E-state index is 13.1. The van der Waals surface area contributed by atoms with Crippen molar-refractivity contribution in [2.45, 2.75) is 45.6 Å². The summed E-state index contributed by atoms with van der Waals surface area (Å²) in [6.45, 7) is 3.68. The number of aryl methyl sites for hydroxylation is 3. The summed E-state index contributed by atoms with van der Waals surface area (Å²) in [6.07, 6.45) is 5.74. The molecule has 1 atom stereocenters. The lowest BCUT2D eigenvalue weighted by molar-refractivity contribution is -0.118. The number of amides is 1. The van der Waals surface area contributed by atoms with Crippen LogP contribution in [0.2, 0.25) is 0 Å². The van der Waals surface area contributed by atoms with Crippen LogP contribution in [-0.4, -0.2) is 15.5 Å². The van der Waals surface area contributed by atoms with Crippen LogP contribution < -0.4 is 10.9 Å². The second-order valence-corrected chi connectivity index (χ2v) is 7.91. The highest BCUT2D eigenvalue weighted by Gasteiger charge is 2.23. The number of hydrogen-bond donors (Lipinski definition) is 1. The summed E-state index contributed by atoms with van der Waals surface area (Å²) in [5.41, 5.74) is 2.79. The maximum atomic E-state index is 13.1. The minimum Gasteiger partial charge on any atom is -0.324 e. The predicted octanol–water partition coefficient (Wildman–Crippen LogP) is 3.84. The minimum absolute atomic E-state index is 0.109. The first-order valence-electron chi connectivity index (χ1n) is 8.94. The third-order valence-corrected chi connectivity index (χ3v) is 6.30. The summed E-state index contributed by atoms with van der Waals surface area (Å²) in [6, 6.07) is 6.98. The molecule has 1 amide bonds. The van der Waals surface area contributed by atoms with E-state index in [-0.39, 0.29) is 11.5 Å². The molecule has 3 aromatic rings. The van der Waals surface area contributed by atoms with Gasteiger partial charge in [-0.25, -0.2) is 4.98 Å². The van der Waals surface area contributed by atoms with Crippen molar-refractivity contribution < 1.29 is 4.79 Å². The van der Waals surface area contributed by atoms with Crippen LogP contribution in [0.4, 0.5) is 5.69 Å². The summed E-state index contributed by atoms with van der Waals surface area (Å²) in [4.78, 5) is 32.3. The molecule has 2 heterocycles. The molecule has 0 fully saturated rings. The van der Waals surface area contributed by atoms with Gasteiger partial charge in [-0.3, -0.25) is 14.2 Å². The van der Waals surface area contributed by atoms with Gasteiger partial charge in [0, 0.05) is 10.6 Å². The highest BCUT2D eigenvalue weighted by Crippen LogP contribution is 2.33. The van der Waals surface area contributed by atoms with Gasteiger partial charge >= 0.3 is 0 Å². The highest BCUT2D eigenvalue weighted by atomic mass is 32.1. The van der Waals surface area contributed by atoms with E-state index in [9.17, 15) is 9.59 Å². The standard InChI is InChI=1S/C20H21N3O2S/c1-12-7-3-5-9-15(12)22-18(24)13(2)23-11-21-19-17(20(23)25)14-8-4-6-10-16(14)26-19/h3,5,7,9,11,13H,4,6,8,10H2,1-2H3,(H,22,24)/t13-/m1/s1. The first kappa shape index (κ1) is 17.0. The fraction of sp³-hybridized carbons (Fsp3) is 0.350. The number of aromatic nitrogens is 2. The molecule has 0 radical (unpaired) electrons. The number of nitrogens with zero attached hydrogens (tertiary/aromatic N) is 2. The molecule has 1 aromatic carbocycles. The second kappa shape index (κ2) is 6.68. The van der Waals surface area contributed by atoms with E-state index in [1.54, 1.807) is 18.3 Å². The van der Waals surface area contributed by atoms with E-state index < -0.39 is 6.04 Å². The van der Waals surface area contributed by atoms with Crippen molar-refractivity contribution in [2.24, 2.45) is 0 Å². The Labute approximate surface area is 155 Å². The third kappa shape index (κ3) is 2.84. The van der Waals surface area contributed by atoms with Crippen LogP contribution in [-0.2, 0) is 17.6 Å². The van der Waals surface area contributed by atoms with Crippen LogP contribution in [0.3, 0.4) is 0 Å². The minimum atomic E-state index is -0.627. The third-order valence-electron chi connectivity index (χ3n) is 5.10. The van der Waals surface area contributed by atoms with Gasteiger partial charge in [-0.2, -0.15) is 0 Å². The van der Waals surface area contributed by atoms with Crippen molar-refractivity contribution in [1.29, 1.82) is 0 Å². The Morgan fingerprint density at radius 1 is 1.27 bits per heavy atom. The summed E-state index contributed by atoms with van der Waals surface area (Å²) in [5, 5.41) is 3.63. The molecule has 0 aliphatic heterocycles. The number of anilines is 1. The van der Waals surface area contributed by atoms with Crippen molar-refractivity contribution in [3.63, 3.8) is 0 Å². The molecule has 0 spiro atoms. The number of rotatable bonds is 3. The molecule has 5 nitrogen and oxygen atoms in total. The number of benzene rings is 1. The van der Waals surface area contributed by atoms with Crippen molar-refractivity contribution in [1.82, 2.24) is 9.55 Å². The average molecular weight is 367 g/mol. The molecule has 6 heteroatoms. The zero-order valence-electron chi connectivity index (χ0n) is 14.9. The van der Waals surface area contributed by atoms with E-state index in [0.717, 1.165) is 40.9 Å². The van der Waals surface area contributed by atoms with E-state index in [2.05, 4.69) is 10.3 Å². The molecule has 2 aromatic heterocycles. The Bertz CT molecular complexity index is 1050. The second-order valence-electron chi connectivity index (χ2n) is 6.83. The molecule has 134 valence electrons. The number of carbonyl (C=O) groups excluding carboxylic acids is 1. The lowest BCUT2D eigenvalue weighted by Crippen LogP contribution is -2.32. The number of thiophene rings is 1. The van der Waals surface area contributed by atoms with Gasteiger partial charge in [0.05, 0.1) is 11.7 Å². The fourth-order valence-corrected chi connectivity index (χ4v) is 4.73. The summed E-state index contributed by atoms with van der Waals surface area (Å²) >= 11 is 1.62. The van der Waals surface area contributed by atoms with Gasteiger partial charge in [-0.15, -0.1) is 11.3 Å². The van der Waals surface area contributed by atoms with Gasteiger partial charge in [0.1, 0.15) is 10.9 Å². The molecule has 4 rings (SSSR count). The monoisotopic (exact) mass is 367 g/mol. The Morgan fingerprint density at radius 3 is 2.85 bits per heavy atom. The van der Waals surface area contributed by atoms with Crippen molar-refractivity contribution >= 4 is 33.1 Å². The highest BCUT2D eigenvalue weighted by molar-refractivity contribution is 7.18. The maximum Gasteiger partial charge on any atom is 0.263 e. The lowest BCUT2D eigenvalue weighted by atomic mass is 9.97. The summed E-state index contributed by atoms with van der Waals surface area (Å²) in [5.74, 6) is -0.216. The first-order chi connectivity index (χ1) is 12.6. The van der Waals surface area contributed by atoms with Crippen LogP contribution in [0.1, 0.15) is 41.8 Å². The average Bonchev–Trinajstić information content (AvgIpc) is 3.02. The zero-order valence-corrected chi connectivity index (χ0v) is 15.7. The molecule has 1 aliphatic carbocycles. The molecule has 1 aliphatic rings. The van der Waals surface area contributed by atoms with Crippen molar-refractivity contribution in [3.05, 3.63) is 57.0 Å². The molecular formula is C20H21N3O2S. The SMILES string of the molecule is Cc1ccccc1NC(=O)[C@@H](C)n1cnc2sc3c(c2c1=O)CCCC3. The number of para-hydroxylation sites is 1. The van der Waals surface area contributed by atoms with Gasteiger partial charge in [0.2, 0.25) is 5.91 Å². The molecule has 0 saturated heterocycles. The molecule has 0 bridgehead atoms. The molecule has 26 heavy (non-hydrogen) atoms. The van der Waals surface area contributed by atoms with Crippen molar-refractivity contribution in [2.75, 3.05) is 5.32 Å². The Morgan fingerprint density at radius 2 is 2.04 bits per heavy atom. The summed E-state index contributed by atoms with van der Waals surface area (Å²) in [7, 11) is 0. The van der Waals surface area contributed by atoms with Gasteiger partial charge in [0.25, 0.3) is 5.56 Å². The number of hydrogen-bond acceptors (Lipinski definition) is 4. The zero-order chi connectivity index (χ0) is 18.3. The number of carbonyl (C=O) groups is 1. The topological polar surface area (TPSA) is 64.0 Å². The lowest BCUT2D eigenvalue weighted by Gasteiger charge is -2.16. The van der Waals surface area contributed by atoms with E-state index in [1.165, 1.54) is 22.2 Å². The molecule has 0 saturated carbocycles. The Kier molecular flexibility index (Phi) is 4.36. The van der Waals surface area contributed by atoms with E-state index in [0.29, 0.717) is 5.39 Å². The van der Waals surface area contributed by atoms with E-state index in [4.69, 9.17) is 0 Å². The van der Waals surface area contributed by atoms with Gasteiger partial charge in [-0.1, -0.05) is 18.2 Å². The first-order valence-corrected chi connectivity index (χ1v) is 9.76. The number of nitrogens with one attached hydrogen (secondary N) is 1. The quantitative estimate of drug-likeness (QED) is 0.765. The van der Waals surface area contributed by atoms with Crippen LogP contribution in [0, 0.1) is 6.92 Å². The van der Waals surface area contributed by atoms with Gasteiger partial charge in [0.15, 0.2) is 0 Å². The van der Waals surface area contributed by atoms with E-state index >= 15 is 0 Å². The fourth-order valence-electron chi connectivity index (χ4n) is 3.51. The summed E-state index contributed by atoms with van der Waals surface area (Å²) < 4.78 is 1.46. The van der Waals surface area contributed by atoms with Crippen LogP contribution >= 0.6 is 11.3 Å². The number of fused-ring (bicyclic) bond motifs is 3. The Balaban J connectivity index is 1.70. The molecule has 1 N–H and O–H groups in total. The molecular weight excluding hydrogens is 346 g/mol. The largest absolute Gasteiger partial charge is 0.324 e. The smallest absolute Gasteiger partial charge is 0.263 e. The van der Waals surface area contributed by atoms with Gasteiger partial charge in [-0.05, 0) is 56.7 Å². The molecule has 0 unspecified atom stereocenters. The predicted molar refractivity (Wildman–Crippen MR) is 105 cm³/mol. The van der Waals surface area contributed by atoms with Crippen LogP contribution in [0.15, 0.2) is 35.4 Å². The normalized spacial score (nSPS) is 14.8. The Hall–Kier alpha value is -2.47. The van der Waals surface area contributed by atoms with Gasteiger partial charge < -0.3 is 5.32 Å². The van der Waals surface area contributed by atoms with Crippen LogP contribution in [0.5, 0.6) is 0 Å². The van der Waals surface area contributed by atoms with Crippen molar-refractivity contribution in [3.8, 4) is 0 Å². The van der Waals surface area contributed by atoms with E-state index in [1.807, 2.05) is 31.2 Å². The van der Waals surface area contributed by atoms with Crippen LogP contribution in [0.25, 0.3) is 10.2 Å².